The summed E-state index contributed by atoms with van der Waals surface area (Å²) in [6, 6.07) is 2.97. The fraction of sp³-hybridized carbons (Fsp3) is 0.455. The van der Waals surface area contributed by atoms with E-state index in [0.29, 0.717) is 0 Å². The molecule has 0 aliphatic carbocycles. The highest BCUT2D eigenvalue weighted by Gasteiger charge is 2.32. The standard InChI is InChI=1S/C11H16N2O4.ClH/c1-11(2,6-14)10(12)8-5-7(15)3-4-9(8)13(16)17;/h3-5,10,14-15H,6,12H2,1-2H3;1H/t10-;/m0./s1. The van der Waals surface area contributed by atoms with Crippen LogP contribution in [0.15, 0.2) is 18.2 Å². The molecule has 0 bridgehead atoms. The molecule has 0 aliphatic heterocycles. The molecule has 6 nitrogen and oxygen atoms in total. The van der Waals surface area contributed by atoms with Crippen molar-refractivity contribution >= 4 is 18.1 Å². The largest absolute Gasteiger partial charge is 0.508 e. The fourth-order valence-corrected chi connectivity index (χ4v) is 1.48. The van der Waals surface area contributed by atoms with Crippen LogP contribution in [0.25, 0.3) is 0 Å². The van der Waals surface area contributed by atoms with E-state index in [1.54, 1.807) is 13.8 Å². The van der Waals surface area contributed by atoms with Gasteiger partial charge in [0.15, 0.2) is 0 Å². The molecule has 18 heavy (non-hydrogen) atoms. The lowest BCUT2D eigenvalue weighted by Crippen LogP contribution is -2.32. The van der Waals surface area contributed by atoms with Gasteiger partial charge in [-0.1, -0.05) is 13.8 Å². The molecule has 1 rings (SSSR count). The van der Waals surface area contributed by atoms with E-state index in [-0.39, 0.29) is 36.0 Å². The van der Waals surface area contributed by atoms with Crippen molar-refractivity contribution in [2.45, 2.75) is 19.9 Å². The van der Waals surface area contributed by atoms with Crippen molar-refractivity contribution in [3.8, 4) is 5.75 Å². The molecule has 0 saturated carbocycles. The van der Waals surface area contributed by atoms with E-state index in [9.17, 15) is 20.3 Å². The molecule has 0 unspecified atom stereocenters. The van der Waals surface area contributed by atoms with E-state index in [0.717, 1.165) is 0 Å². The minimum absolute atomic E-state index is 0. The number of hydrogen-bond acceptors (Lipinski definition) is 5. The Morgan fingerprint density at radius 3 is 2.50 bits per heavy atom. The quantitative estimate of drug-likeness (QED) is 0.573. The van der Waals surface area contributed by atoms with Crippen molar-refractivity contribution in [3.63, 3.8) is 0 Å². The lowest BCUT2D eigenvalue weighted by molar-refractivity contribution is -0.385. The van der Waals surface area contributed by atoms with Crippen LogP contribution in [0.3, 0.4) is 0 Å². The molecule has 1 aromatic rings. The second-order valence-corrected chi connectivity index (χ2v) is 4.62. The number of aliphatic hydroxyl groups excluding tert-OH is 1. The molecule has 1 atom stereocenters. The Bertz CT molecular complexity index is 437. The first-order chi connectivity index (χ1) is 7.79. The smallest absolute Gasteiger partial charge is 0.274 e. The number of rotatable bonds is 4. The topological polar surface area (TPSA) is 110 Å². The summed E-state index contributed by atoms with van der Waals surface area (Å²) < 4.78 is 0. The van der Waals surface area contributed by atoms with Crippen LogP contribution in [0.4, 0.5) is 5.69 Å². The Hall–Kier alpha value is -1.37. The molecule has 0 aromatic heterocycles. The Morgan fingerprint density at radius 2 is 2.06 bits per heavy atom. The number of halogens is 1. The average molecular weight is 277 g/mol. The number of nitrogens with zero attached hydrogens (tertiary/aromatic N) is 1. The van der Waals surface area contributed by atoms with Crippen molar-refractivity contribution in [2.75, 3.05) is 6.61 Å². The maximum absolute atomic E-state index is 10.9. The van der Waals surface area contributed by atoms with Gasteiger partial charge in [-0.05, 0) is 12.1 Å². The normalized spacial score (nSPS) is 12.7. The highest BCUT2D eigenvalue weighted by Crippen LogP contribution is 2.37. The Morgan fingerprint density at radius 1 is 1.50 bits per heavy atom. The van der Waals surface area contributed by atoms with Gasteiger partial charge in [-0.3, -0.25) is 10.1 Å². The number of hydrogen-bond donors (Lipinski definition) is 3. The zero-order valence-corrected chi connectivity index (χ0v) is 11.0. The predicted molar refractivity (Wildman–Crippen MR) is 69.8 cm³/mol. The van der Waals surface area contributed by atoms with Crippen LogP contribution in [0.5, 0.6) is 5.75 Å². The minimum Gasteiger partial charge on any atom is -0.508 e. The number of nitro groups is 1. The first kappa shape index (κ1) is 16.6. The van der Waals surface area contributed by atoms with Gasteiger partial charge in [0.2, 0.25) is 0 Å². The molecule has 0 heterocycles. The van der Waals surface area contributed by atoms with Gasteiger partial charge in [0.1, 0.15) is 5.75 Å². The van der Waals surface area contributed by atoms with E-state index in [4.69, 9.17) is 5.73 Å². The summed E-state index contributed by atoms with van der Waals surface area (Å²) in [5.41, 5.74) is 5.27. The zero-order valence-electron chi connectivity index (χ0n) is 10.2. The molecule has 102 valence electrons. The van der Waals surface area contributed by atoms with Gasteiger partial charge >= 0.3 is 0 Å². The van der Waals surface area contributed by atoms with Crippen LogP contribution in [0.1, 0.15) is 25.5 Å². The van der Waals surface area contributed by atoms with Crippen molar-refractivity contribution in [2.24, 2.45) is 11.1 Å². The van der Waals surface area contributed by atoms with E-state index < -0.39 is 16.4 Å². The van der Waals surface area contributed by atoms with Crippen LogP contribution in [-0.4, -0.2) is 21.7 Å². The Labute approximate surface area is 111 Å². The van der Waals surface area contributed by atoms with Crippen molar-refractivity contribution < 1.29 is 15.1 Å². The summed E-state index contributed by atoms with van der Waals surface area (Å²) >= 11 is 0. The monoisotopic (exact) mass is 276 g/mol. The fourth-order valence-electron chi connectivity index (χ4n) is 1.48. The first-order valence-electron chi connectivity index (χ1n) is 5.13. The highest BCUT2D eigenvalue weighted by atomic mass is 35.5. The Balaban J connectivity index is 0.00000289. The molecule has 7 heteroatoms. The molecule has 1 aromatic carbocycles. The second kappa shape index (κ2) is 5.99. The third-order valence-electron chi connectivity index (χ3n) is 2.79. The van der Waals surface area contributed by atoms with Crippen LogP contribution < -0.4 is 5.73 Å². The first-order valence-corrected chi connectivity index (χ1v) is 5.13. The molecule has 0 aliphatic rings. The SMILES string of the molecule is CC(C)(CO)[C@@H](N)c1cc(O)ccc1[N+](=O)[O-].Cl. The van der Waals surface area contributed by atoms with Gasteiger partial charge in [0.05, 0.1) is 10.5 Å². The Kier molecular flexibility index (Phi) is 5.54. The second-order valence-electron chi connectivity index (χ2n) is 4.62. The van der Waals surface area contributed by atoms with Gasteiger partial charge < -0.3 is 15.9 Å². The van der Waals surface area contributed by atoms with Crippen molar-refractivity contribution in [3.05, 3.63) is 33.9 Å². The summed E-state index contributed by atoms with van der Waals surface area (Å²) in [4.78, 5) is 10.3. The van der Waals surface area contributed by atoms with Gasteiger partial charge in [0, 0.05) is 24.1 Å². The summed E-state index contributed by atoms with van der Waals surface area (Å²) in [5, 5.41) is 29.4. The van der Waals surface area contributed by atoms with E-state index in [2.05, 4.69) is 0 Å². The number of phenols is 1. The van der Waals surface area contributed by atoms with E-state index >= 15 is 0 Å². The molecule has 0 saturated heterocycles. The maximum Gasteiger partial charge on any atom is 0.274 e. The number of aliphatic hydroxyl groups is 1. The predicted octanol–water partition coefficient (Wildman–Crippen LogP) is 1.74. The van der Waals surface area contributed by atoms with Crippen LogP contribution >= 0.6 is 12.4 Å². The molecular formula is C11H17ClN2O4. The summed E-state index contributed by atoms with van der Waals surface area (Å²) in [7, 11) is 0. The third-order valence-corrected chi connectivity index (χ3v) is 2.79. The molecule has 4 N–H and O–H groups in total. The lowest BCUT2D eigenvalue weighted by atomic mass is 9.81. The van der Waals surface area contributed by atoms with Crippen LogP contribution in [0, 0.1) is 15.5 Å². The summed E-state index contributed by atoms with van der Waals surface area (Å²) in [5.74, 6) is -0.0882. The number of benzene rings is 1. The van der Waals surface area contributed by atoms with Gasteiger partial charge in [0.25, 0.3) is 5.69 Å². The maximum atomic E-state index is 10.9. The minimum atomic E-state index is -0.736. The van der Waals surface area contributed by atoms with Crippen LogP contribution in [-0.2, 0) is 0 Å². The molecule has 0 amide bonds. The number of nitro benzene ring substituents is 1. The third kappa shape index (κ3) is 3.32. The number of phenolic OH excluding ortho intramolecular Hbond substituents is 1. The molecule has 0 radical (unpaired) electrons. The highest BCUT2D eigenvalue weighted by molar-refractivity contribution is 5.85. The summed E-state index contributed by atoms with van der Waals surface area (Å²) in [6.45, 7) is 3.19. The zero-order chi connectivity index (χ0) is 13.2. The van der Waals surface area contributed by atoms with Gasteiger partial charge in [-0.15, -0.1) is 12.4 Å². The average Bonchev–Trinajstić information content (AvgIpc) is 2.27. The number of aromatic hydroxyl groups is 1. The van der Waals surface area contributed by atoms with Gasteiger partial charge in [-0.25, -0.2) is 0 Å². The molecule has 0 spiro atoms. The lowest BCUT2D eigenvalue weighted by Gasteiger charge is -2.29. The molecule has 0 fully saturated rings. The number of nitrogens with two attached hydrogens (primary N) is 1. The summed E-state index contributed by atoms with van der Waals surface area (Å²) in [6.07, 6.45) is 0. The van der Waals surface area contributed by atoms with Crippen LogP contribution in [0.2, 0.25) is 0 Å². The van der Waals surface area contributed by atoms with E-state index in [1.165, 1.54) is 18.2 Å². The molecular weight excluding hydrogens is 260 g/mol. The van der Waals surface area contributed by atoms with Crippen molar-refractivity contribution in [1.82, 2.24) is 0 Å². The van der Waals surface area contributed by atoms with Gasteiger partial charge in [-0.2, -0.15) is 0 Å². The van der Waals surface area contributed by atoms with E-state index in [1.807, 2.05) is 0 Å². The van der Waals surface area contributed by atoms with Crippen molar-refractivity contribution in [1.29, 1.82) is 0 Å².